The van der Waals surface area contributed by atoms with Crippen molar-refractivity contribution in [1.82, 2.24) is 20.0 Å². The van der Waals surface area contributed by atoms with E-state index in [0.29, 0.717) is 24.7 Å². The molecular weight excluding hydrogens is 404 g/mol. The van der Waals surface area contributed by atoms with Crippen LogP contribution in [-0.4, -0.2) is 45.6 Å². The lowest BCUT2D eigenvalue weighted by atomic mass is 9.85. The van der Waals surface area contributed by atoms with Gasteiger partial charge in [-0.25, -0.2) is 0 Å². The van der Waals surface area contributed by atoms with Gasteiger partial charge in [0.15, 0.2) is 11.6 Å². The SMILES string of the molecule is CCCOc1ccccc1[C@H]1CC(=O)Nc2c1c(C)nn2-c1ccc(N2CCCC2)nn1. The molecule has 1 aromatic carbocycles. The van der Waals surface area contributed by atoms with Crippen molar-refractivity contribution >= 4 is 17.5 Å². The number of benzene rings is 1. The number of fused-ring (bicyclic) bond motifs is 1. The number of hydrogen-bond donors (Lipinski definition) is 1. The normalized spacial score (nSPS) is 17.9. The Morgan fingerprint density at radius 3 is 2.59 bits per heavy atom. The topological polar surface area (TPSA) is 85.2 Å². The molecule has 32 heavy (non-hydrogen) atoms. The number of carbonyl (C=O) groups is 1. The van der Waals surface area contributed by atoms with E-state index in [4.69, 9.17) is 9.84 Å². The van der Waals surface area contributed by atoms with E-state index in [1.165, 1.54) is 12.8 Å². The second kappa shape index (κ2) is 8.61. The van der Waals surface area contributed by atoms with Gasteiger partial charge in [0.2, 0.25) is 5.91 Å². The number of hydrogen-bond acceptors (Lipinski definition) is 6. The van der Waals surface area contributed by atoms with Gasteiger partial charge in [0, 0.05) is 36.6 Å². The van der Waals surface area contributed by atoms with Crippen LogP contribution in [0.2, 0.25) is 0 Å². The van der Waals surface area contributed by atoms with Crippen LogP contribution in [0.4, 0.5) is 11.6 Å². The predicted octanol–water partition coefficient (Wildman–Crippen LogP) is 3.83. The number of ether oxygens (including phenoxy) is 1. The molecule has 1 atom stereocenters. The van der Waals surface area contributed by atoms with Gasteiger partial charge in [0.05, 0.1) is 12.3 Å². The standard InChI is InChI=1S/C24H28N6O2/c1-3-14-32-19-9-5-4-8-17(19)18-15-22(31)25-24-23(18)16(2)28-30(24)21-11-10-20(26-27-21)29-12-6-7-13-29/h4-5,8-11,18H,3,6-7,12-15H2,1-2H3,(H,25,31)/t18-/m1/s1. The van der Waals surface area contributed by atoms with E-state index in [0.717, 1.165) is 47.9 Å². The summed E-state index contributed by atoms with van der Waals surface area (Å²) in [5.41, 5.74) is 2.87. The molecule has 0 bridgehead atoms. The summed E-state index contributed by atoms with van der Waals surface area (Å²) in [4.78, 5) is 15.0. The molecule has 2 aliphatic rings. The molecule has 8 heteroatoms. The Balaban J connectivity index is 1.53. The number of aromatic nitrogens is 4. The minimum Gasteiger partial charge on any atom is -0.493 e. The quantitative estimate of drug-likeness (QED) is 0.637. The maximum atomic E-state index is 12.7. The fourth-order valence-electron chi connectivity index (χ4n) is 4.64. The summed E-state index contributed by atoms with van der Waals surface area (Å²) >= 11 is 0. The summed E-state index contributed by atoms with van der Waals surface area (Å²) in [6.07, 6.45) is 3.65. The van der Waals surface area contributed by atoms with Crippen LogP contribution in [0.5, 0.6) is 5.75 Å². The lowest BCUT2D eigenvalue weighted by Crippen LogP contribution is -2.25. The van der Waals surface area contributed by atoms with Crippen LogP contribution in [0.25, 0.3) is 5.82 Å². The zero-order valence-corrected chi connectivity index (χ0v) is 18.5. The minimum absolute atomic E-state index is 0.0457. The number of nitrogens with one attached hydrogen (secondary N) is 1. The Kier molecular flexibility index (Phi) is 5.51. The zero-order chi connectivity index (χ0) is 22.1. The molecule has 2 aromatic heterocycles. The number of nitrogens with zero attached hydrogens (tertiary/aromatic N) is 5. The maximum absolute atomic E-state index is 12.7. The van der Waals surface area contributed by atoms with Gasteiger partial charge in [-0.15, -0.1) is 10.2 Å². The van der Waals surface area contributed by atoms with E-state index in [1.54, 1.807) is 4.68 Å². The smallest absolute Gasteiger partial charge is 0.226 e. The highest BCUT2D eigenvalue weighted by Gasteiger charge is 2.34. The van der Waals surface area contributed by atoms with Gasteiger partial charge in [-0.1, -0.05) is 25.1 Å². The molecule has 166 valence electrons. The Morgan fingerprint density at radius 2 is 1.84 bits per heavy atom. The summed E-state index contributed by atoms with van der Waals surface area (Å²) in [5.74, 6) is 2.79. The van der Waals surface area contributed by atoms with Crippen molar-refractivity contribution in [3.05, 3.63) is 53.2 Å². The third kappa shape index (κ3) is 3.70. The molecule has 1 fully saturated rings. The lowest BCUT2D eigenvalue weighted by Gasteiger charge is -2.26. The molecule has 4 heterocycles. The van der Waals surface area contributed by atoms with Gasteiger partial charge in [0.25, 0.3) is 0 Å². The van der Waals surface area contributed by atoms with E-state index in [1.807, 2.05) is 43.3 Å². The maximum Gasteiger partial charge on any atom is 0.226 e. The summed E-state index contributed by atoms with van der Waals surface area (Å²) < 4.78 is 7.70. The first-order chi connectivity index (χ1) is 15.7. The van der Waals surface area contributed by atoms with Gasteiger partial charge in [-0.05, 0) is 44.4 Å². The molecule has 1 amide bonds. The Morgan fingerprint density at radius 1 is 1.09 bits per heavy atom. The number of anilines is 2. The average molecular weight is 433 g/mol. The van der Waals surface area contributed by atoms with Crippen LogP contribution in [0.1, 0.15) is 55.3 Å². The predicted molar refractivity (Wildman–Crippen MR) is 123 cm³/mol. The van der Waals surface area contributed by atoms with Crippen LogP contribution in [0.3, 0.4) is 0 Å². The lowest BCUT2D eigenvalue weighted by molar-refractivity contribution is -0.116. The first-order valence-electron chi connectivity index (χ1n) is 11.4. The van der Waals surface area contributed by atoms with Gasteiger partial charge >= 0.3 is 0 Å². The monoisotopic (exact) mass is 432 g/mol. The van der Waals surface area contributed by atoms with Gasteiger partial charge in [0.1, 0.15) is 11.6 Å². The zero-order valence-electron chi connectivity index (χ0n) is 18.5. The highest BCUT2D eigenvalue weighted by molar-refractivity contribution is 5.95. The van der Waals surface area contributed by atoms with E-state index in [2.05, 4.69) is 27.3 Å². The highest BCUT2D eigenvalue weighted by atomic mass is 16.5. The number of amides is 1. The summed E-state index contributed by atoms with van der Waals surface area (Å²) in [5, 5.41) is 16.6. The van der Waals surface area contributed by atoms with Crippen molar-refractivity contribution in [2.24, 2.45) is 0 Å². The van der Waals surface area contributed by atoms with Crippen molar-refractivity contribution in [3.8, 4) is 11.6 Å². The molecule has 5 rings (SSSR count). The molecule has 0 saturated carbocycles. The number of rotatable bonds is 6. The van der Waals surface area contributed by atoms with Gasteiger partial charge < -0.3 is 15.0 Å². The number of para-hydroxylation sites is 1. The molecule has 8 nitrogen and oxygen atoms in total. The third-order valence-corrected chi connectivity index (χ3v) is 6.14. The molecule has 0 unspecified atom stereocenters. The first-order valence-corrected chi connectivity index (χ1v) is 11.4. The Bertz CT molecular complexity index is 1120. The van der Waals surface area contributed by atoms with Crippen molar-refractivity contribution < 1.29 is 9.53 Å². The molecule has 1 N–H and O–H groups in total. The molecular formula is C24H28N6O2. The van der Waals surface area contributed by atoms with E-state index in [-0.39, 0.29) is 11.8 Å². The summed E-state index contributed by atoms with van der Waals surface area (Å²) in [6.45, 7) is 6.73. The Hall–Kier alpha value is -3.42. The van der Waals surface area contributed by atoms with Crippen LogP contribution in [0, 0.1) is 6.92 Å². The fourth-order valence-corrected chi connectivity index (χ4v) is 4.64. The molecule has 3 aromatic rings. The average Bonchev–Trinajstić information content (AvgIpc) is 3.46. The third-order valence-electron chi connectivity index (χ3n) is 6.14. The summed E-state index contributed by atoms with van der Waals surface area (Å²) in [6, 6.07) is 11.9. The second-order valence-corrected chi connectivity index (χ2v) is 8.39. The highest BCUT2D eigenvalue weighted by Crippen LogP contribution is 2.43. The van der Waals surface area contributed by atoms with Gasteiger partial charge in [-0.2, -0.15) is 9.78 Å². The fraction of sp³-hybridized carbons (Fsp3) is 0.417. The number of carbonyl (C=O) groups excluding carboxylic acids is 1. The van der Waals surface area contributed by atoms with Crippen molar-refractivity contribution in [2.75, 3.05) is 29.9 Å². The molecule has 2 aliphatic heterocycles. The largest absolute Gasteiger partial charge is 0.493 e. The minimum atomic E-state index is -0.127. The molecule has 0 spiro atoms. The van der Waals surface area contributed by atoms with Crippen LogP contribution in [-0.2, 0) is 4.79 Å². The van der Waals surface area contributed by atoms with Crippen LogP contribution < -0.4 is 15.0 Å². The molecule has 1 saturated heterocycles. The van der Waals surface area contributed by atoms with Crippen molar-refractivity contribution in [3.63, 3.8) is 0 Å². The molecule has 0 aliphatic carbocycles. The van der Waals surface area contributed by atoms with Crippen LogP contribution >= 0.6 is 0 Å². The van der Waals surface area contributed by atoms with E-state index in [9.17, 15) is 4.79 Å². The first kappa shape index (κ1) is 20.5. The summed E-state index contributed by atoms with van der Waals surface area (Å²) in [7, 11) is 0. The van der Waals surface area contributed by atoms with Crippen molar-refractivity contribution in [1.29, 1.82) is 0 Å². The van der Waals surface area contributed by atoms with Gasteiger partial charge in [-0.3, -0.25) is 4.79 Å². The van der Waals surface area contributed by atoms with E-state index >= 15 is 0 Å². The Labute approximate surface area is 187 Å². The second-order valence-electron chi connectivity index (χ2n) is 8.39. The number of aryl methyl sites for hydroxylation is 1. The molecule has 0 radical (unpaired) electrons. The van der Waals surface area contributed by atoms with Crippen molar-refractivity contribution in [2.45, 2.75) is 45.4 Å². The van der Waals surface area contributed by atoms with Crippen LogP contribution in [0.15, 0.2) is 36.4 Å². The van der Waals surface area contributed by atoms with E-state index < -0.39 is 0 Å².